The third kappa shape index (κ3) is 2.53. The van der Waals surface area contributed by atoms with E-state index in [9.17, 15) is 0 Å². The predicted molar refractivity (Wildman–Crippen MR) is 96.6 cm³/mol. The van der Waals surface area contributed by atoms with Crippen molar-refractivity contribution in [1.82, 2.24) is 14.9 Å². The van der Waals surface area contributed by atoms with Crippen LogP contribution in [0.1, 0.15) is 32.2 Å². The molecule has 3 rings (SSSR count). The summed E-state index contributed by atoms with van der Waals surface area (Å²) in [5, 5.41) is 11.4. The number of hydrogen-bond donors (Lipinski definition) is 1. The van der Waals surface area contributed by atoms with Gasteiger partial charge in [0.1, 0.15) is 0 Å². The number of nitrogens with zero attached hydrogens (tertiary/aromatic N) is 4. The van der Waals surface area contributed by atoms with Crippen molar-refractivity contribution in [1.29, 1.82) is 0 Å². The van der Waals surface area contributed by atoms with Crippen molar-refractivity contribution in [3.63, 3.8) is 0 Å². The van der Waals surface area contributed by atoms with Crippen LogP contribution in [0.25, 0.3) is 0 Å². The van der Waals surface area contributed by atoms with E-state index in [-0.39, 0.29) is 5.41 Å². The van der Waals surface area contributed by atoms with Gasteiger partial charge in [0.2, 0.25) is 4.77 Å². The van der Waals surface area contributed by atoms with Gasteiger partial charge in [0, 0.05) is 36.5 Å². The number of fused-ring (bicyclic) bond motifs is 1. The Hall–Kier alpha value is -2.21. The van der Waals surface area contributed by atoms with Gasteiger partial charge in [-0.2, -0.15) is 14.9 Å². The first-order valence-electron chi connectivity index (χ1n) is 7.71. The Morgan fingerprint density at radius 1 is 1.35 bits per heavy atom. The second-order valence-corrected chi connectivity index (χ2v) is 6.51. The maximum atomic E-state index is 5.21. The van der Waals surface area contributed by atoms with E-state index in [0.717, 1.165) is 12.2 Å². The zero-order valence-electron chi connectivity index (χ0n) is 13.9. The summed E-state index contributed by atoms with van der Waals surface area (Å²) >= 11 is 5.21. The average Bonchev–Trinajstić information content (AvgIpc) is 2.99. The van der Waals surface area contributed by atoms with Crippen LogP contribution in [0, 0.1) is 4.77 Å². The maximum Gasteiger partial charge on any atom is 0.216 e. The van der Waals surface area contributed by atoms with Crippen molar-refractivity contribution in [2.45, 2.75) is 32.6 Å². The summed E-state index contributed by atoms with van der Waals surface area (Å²) in [6, 6.07) is 8.49. The van der Waals surface area contributed by atoms with Gasteiger partial charge in [-0.15, -0.1) is 0 Å². The van der Waals surface area contributed by atoms with Gasteiger partial charge < -0.3 is 4.90 Å². The molecular weight excluding hydrogens is 306 g/mol. The number of anilines is 1. The Morgan fingerprint density at radius 3 is 2.78 bits per heavy atom. The van der Waals surface area contributed by atoms with Gasteiger partial charge >= 0.3 is 0 Å². The molecule has 120 valence electrons. The molecule has 0 spiro atoms. The molecule has 1 aromatic carbocycles. The quantitative estimate of drug-likeness (QED) is 0.691. The molecule has 1 aromatic heterocycles. The van der Waals surface area contributed by atoms with Crippen molar-refractivity contribution < 1.29 is 0 Å². The van der Waals surface area contributed by atoms with Crippen molar-refractivity contribution in [2.24, 2.45) is 5.10 Å². The number of likely N-dealkylation sites (N-methyl/N-ethyl adjacent to an activating group) is 1. The van der Waals surface area contributed by atoms with Gasteiger partial charge in [-0.25, -0.2) is 0 Å². The number of nitrogens with one attached hydrogen (secondary N) is 1. The summed E-state index contributed by atoms with van der Waals surface area (Å²) in [4.78, 5) is 2.22. The molecule has 0 unspecified atom stereocenters. The molecule has 0 atom stereocenters. The van der Waals surface area contributed by atoms with Crippen LogP contribution < -0.4 is 4.90 Å². The van der Waals surface area contributed by atoms with Crippen molar-refractivity contribution in [3.05, 3.63) is 52.2 Å². The standard InChI is InChI=1S/C17H21N5S/c1-5-15-19-20-16(23)22(15)18-11-10-14-17(2,3)12-8-6-7-9-13(12)21(14)4/h6-11H,5H2,1-4H3,(H,20,23)/b14-10-,18-11-. The van der Waals surface area contributed by atoms with Crippen LogP contribution in [0.15, 0.2) is 41.1 Å². The second-order valence-electron chi connectivity index (χ2n) is 6.13. The van der Waals surface area contributed by atoms with Crippen LogP contribution in [0.2, 0.25) is 0 Å². The van der Waals surface area contributed by atoms with E-state index in [1.165, 1.54) is 16.9 Å². The van der Waals surface area contributed by atoms with Gasteiger partial charge in [-0.05, 0) is 29.9 Å². The molecule has 0 bridgehead atoms. The molecular formula is C17H21N5S. The van der Waals surface area contributed by atoms with E-state index in [1.54, 1.807) is 10.9 Å². The zero-order valence-corrected chi connectivity index (χ0v) is 14.7. The Kier molecular flexibility index (Phi) is 3.93. The molecule has 0 aliphatic carbocycles. The molecule has 1 N–H and O–H groups in total. The first-order valence-corrected chi connectivity index (χ1v) is 8.12. The third-order valence-corrected chi connectivity index (χ3v) is 4.65. The molecule has 23 heavy (non-hydrogen) atoms. The lowest BCUT2D eigenvalue weighted by Crippen LogP contribution is -2.23. The topological polar surface area (TPSA) is 49.2 Å². The van der Waals surface area contributed by atoms with Crippen LogP contribution in [-0.2, 0) is 11.8 Å². The zero-order chi connectivity index (χ0) is 16.6. The van der Waals surface area contributed by atoms with Gasteiger partial charge in [0.25, 0.3) is 0 Å². The van der Waals surface area contributed by atoms with E-state index >= 15 is 0 Å². The molecule has 2 heterocycles. The van der Waals surface area contributed by atoms with Crippen LogP contribution in [0.5, 0.6) is 0 Å². The van der Waals surface area contributed by atoms with Crippen LogP contribution >= 0.6 is 12.2 Å². The molecule has 0 amide bonds. The molecule has 0 fully saturated rings. The number of aromatic nitrogens is 3. The summed E-state index contributed by atoms with van der Waals surface area (Å²) in [6.07, 6.45) is 4.62. The van der Waals surface area contributed by atoms with E-state index in [4.69, 9.17) is 12.2 Å². The molecule has 0 saturated heterocycles. The molecule has 5 nitrogen and oxygen atoms in total. The van der Waals surface area contributed by atoms with Gasteiger partial charge in [-0.3, -0.25) is 5.10 Å². The monoisotopic (exact) mass is 327 g/mol. The highest BCUT2D eigenvalue weighted by atomic mass is 32.1. The van der Waals surface area contributed by atoms with Crippen molar-refractivity contribution in [3.8, 4) is 0 Å². The van der Waals surface area contributed by atoms with Gasteiger partial charge in [0.05, 0.1) is 0 Å². The summed E-state index contributed by atoms with van der Waals surface area (Å²) < 4.78 is 2.18. The summed E-state index contributed by atoms with van der Waals surface area (Å²) in [6.45, 7) is 6.49. The average molecular weight is 327 g/mol. The minimum atomic E-state index is -0.0528. The smallest absolute Gasteiger partial charge is 0.216 e. The Morgan fingerprint density at radius 2 is 2.09 bits per heavy atom. The highest BCUT2D eigenvalue weighted by molar-refractivity contribution is 7.71. The summed E-state index contributed by atoms with van der Waals surface area (Å²) in [5.74, 6) is 0.826. The van der Waals surface area contributed by atoms with Crippen LogP contribution in [0.4, 0.5) is 5.69 Å². The van der Waals surface area contributed by atoms with Crippen LogP contribution in [-0.4, -0.2) is 28.1 Å². The number of aryl methyl sites for hydroxylation is 1. The lowest BCUT2D eigenvalue weighted by atomic mass is 9.84. The van der Waals surface area contributed by atoms with E-state index in [2.05, 4.69) is 65.4 Å². The largest absolute Gasteiger partial charge is 0.347 e. The number of allylic oxidation sites excluding steroid dienone is 2. The van der Waals surface area contributed by atoms with E-state index < -0.39 is 0 Å². The van der Waals surface area contributed by atoms with E-state index in [1.807, 2.05) is 13.0 Å². The highest BCUT2D eigenvalue weighted by Crippen LogP contribution is 2.46. The van der Waals surface area contributed by atoms with Crippen LogP contribution in [0.3, 0.4) is 0 Å². The van der Waals surface area contributed by atoms with Crippen molar-refractivity contribution in [2.75, 3.05) is 11.9 Å². The summed E-state index contributed by atoms with van der Waals surface area (Å²) in [5.41, 5.74) is 3.72. The number of para-hydroxylation sites is 1. The molecule has 1 aliphatic heterocycles. The number of hydrogen-bond acceptors (Lipinski definition) is 4. The second kappa shape index (κ2) is 5.77. The van der Waals surface area contributed by atoms with Gasteiger partial charge in [0.15, 0.2) is 5.82 Å². The van der Waals surface area contributed by atoms with Crippen molar-refractivity contribution >= 4 is 24.1 Å². The molecule has 0 radical (unpaired) electrons. The maximum absolute atomic E-state index is 5.21. The van der Waals surface area contributed by atoms with Gasteiger partial charge in [-0.1, -0.05) is 39.0 Å². The minimum absolute atomic E-state index is 0.0528. The fourth-order valence-electron chi connectivity index (χ4n) is 3.14. The number of aromatic amines is 1. The Labute approximate surface area is 141 Å². The molecule has 6 heteroatoms. The molecule has 2 aromatic rings. The number of rotatable bonds is 3. The third-order valence-electron chi connectivity index (χ3n) is 4.39. The first kappa shape index (κ1) is 15.7. The number of benzene rings is 1. The predicted octanol–water partition coefficient (Wildman–Crippen LogP) is 3.65. The SMILES string of the molecule is CCc1n[nH]c(=S)n1/N=C\C=C1/N(C)c2ccccc2C1(C)C. The molecule has 0 saturated carbocycles. The fourth-order valence-corrected chi connectivity index (χ4v) is 3.34. The number of H-pyrrole nitrogens is 1. The first-order chi connectivity index (χ1) is 11.0. The normalized spacial score (nSPS) is 18.1. The highest BCUT2D eigenvalue weighted by Gasteiger charge is 2.37. The Bertz CT molecular complexity index is 841. The summed E-state index contributed by atoms with van der Waals surface area (Å²) in [7, 11) is 2.09. The minimum Gasteiger partial charge on any atom is -0.347 e. The lowest BCUT2D eigenvalue weighted by Gasteiger charge is -2.23. The lowest BCUT2D eigenvalue weighted by molar-refractivity contribution is 0.641. The Balaban J connectivity index is 1.96. The van der Waals surface area contributed by atoms with E-state index in [0.29, 0.717) is 4.77 Å². The molecule has 1 aliphatic rings. The fraction of sp³-hybridized carbons (Fsp3) is 0.353.